The Balaban J connectivity index is 2.01. The van der Waals surface area contributed by atoms with Crippen LogP contribution in [0.4, 0.5) is 0 Å². The predicted octanol–water partition coefficient (Wildman–Crippen LogP) is 0.825. The third-order valence-corrected chi connectivity index (χ3v) is 3.97. The number of piperazine rings is 1. The largest absolute Gasteiger partial charge is 0.480 e. The topological polar surface area (TPSA) is 89.5 Å². The second-order valence-electron chi connectivity index (χ2n) is 6.83. The van der Waals surface area contributed by atoms with Gasteiger partial charge < -0.3 is 10.0 Å². The molecule has 0 unspecified atom stereocenters. The number of aliphatic carboxylic acids is 1. The highest BCUT2D eigenvalue weighted by Crippen LogP contribution is 2.21. The summed E-state index contributed by atoms with van der Waals surface area (Å²) < 4.78 is 0. The van der Waals surface area contributed by atoms with Crippen molar-refractivity contribution in [1.29, 1.82) is 0 Å². The fraction of sp³-hybridized carbons (Fsp3) is 0.667. The number of carbonyl (C=O) groups is 2. The Morgan fingerprint density at radius 2 is 2.14 bits per heavy atom. The first-order valence-electron chi connectivity index (χ1n) is 7.48. The molecule has 0 bridgehead atoms. The molecular weight excluding hydrogens is 284 g/mol. The summed E-state index contributed by atoms with van der Waals surface area (Å²) in [5.41, 5.74) is 1.94. The van der Waals surface area contributed by atoms with E-state index in [4.69, 9.17) is 5.11 Å². The molecule has 7 nitrogen and oxygen atoms in total. The second kappa shape index (κ2) is 6.08. The summed E-state index contributed by atoms with van der Waals surface area (Å²) in [4.78, 5) is 26.4. The van der Waals surface area contributed by atoms with E-state index in [0.29, 0.717) is 19.6 Å². The van der Waals surface area contributed by atoms with E-state index in [1.165, 1.54) is 4.90 Å². The number of carboxylic acids is 1. The maximum Gasteiger partial charge on any atom is 0.323 e. The van der Waals surface area contributed by atoms with E-state index >= 15 is 0 Å². The minimum absolute atomic E-state index is 0.0175. The molecule has 122 valence electrons. The van der Waals surface area contributed by atoms with Gasteiger partial charge in [0.2, 0.25) is 5.91 Å². The number of nitrogens with one attached hydrogen (secondary N) is 1. The summed E-state index contributed by atoms with van der Waals surface area (Å²) >= 11 is 0. The molecule has 1 aliphatic rings. The quantitative estimate of drug-likeness (QED) is 0.860. The molecule has 2 N–H and O–H groups in total. The maximum atomic E-state index is 12.2. The molecule has 1 aromatic rings. The van der Waals surface area contributed by atoms with Crippen molar-refractivity contribution < 1.29 is 14.7 Å². The number of aromatic amines is 1. The van der Waals surface area contributed by atoms with E-state index < -0.39 is 5.97 Å². The van der Waals surface area contributed by atoms with Gasteiger partial charge >= 0.3 is 5.97 Å². The predicted molar refractivity (Wildman–Crippen MR) is 81.4 cm³/mol. The van der Waals surface area contributed by atoms with Crippen molar-refractivity contribution in [2.75, 3.05) is 19.6 Å². The van der Waals surface area contributed by atoms with Crippen LogP contribution in [0, 0.1) is 0 Å². The first kappa shape index (κ1) is 16.5. The van der Waals surface area contributed by atoms with Crippen LogP contribution in [0.1, 0.15) is 39.1 Å². The highest BCUT2D eigenvalue weighted by Gasteiger charge is 2.32. The zero-order chi connectivity index (χ0) is 16.5. The normalized spacial score (nSPS) is 20.5. The number of rotatable bonds is 4. The summed E-state index contributed by atoms with van der Waals surface area (Å²) in [7, 11) is 0. The van der Waals surface area contributed by atoms with Crippen molar-refractivity contribution in [2.45, 2.75) is 45.7 Å². The Kier molecular flexibility index (Phi) is 4.55. The standard InChI is InChI=1S/C15H24N4O3/c1-10-14(22)19(9-13(20)21)6-5-18(10)8-11-7-12(17-16-11)15(2,3)4/h7,10H,5-6,8-9H2,1-4H3,(H,16,17)(H,20,21)/t10-/m1/s1. The molecule has 1 atom stereocenters. The van der Waals surface area contributed by atoms with Gasteiger partial charge in [0.05, 0.1) is 11.7 Å². The lowest BCUT2D eigenvalue weighted by atomic mass is 9.92. The SMILES string of the molecule is C[C@@H]1C(=O)N(CC(=O)O)CCN1Cc1cc(C(C)(C)C)n[nH]1. The number of carboxylic acid groups (broad SMARTS) is 1. The monoisotopic (exact) mass is 308 g/mol. The van der Waals surface area contributed by atoms with Crippen LogP contribution in [-0.4, -0.2) is 62.7 Å². The van der Waals surface area contributed by atoms with Crippen molar-refractivity contribution in [3.05, 3.63) is 17.5 Å². The van der Waals surface area contributed by atoms with E-state index in [-0.39, 0.29) is 23.9 Å². The third-order valence-electron chi connectivity index (χ3n) is 3.97. The van der Waals surface area contributed by atoms with Crippen LogP contribution in [0.3, 0.4) is 0 Å². The van der Waals surface area contributed by atoms with Gasteiger partial charge in [-0.25, -0.2) is 0 Å². The first-order valence-corrected chi connectivity index (χ1v) is 7.48. The van der Waals surface area contributed by atoms with Crippen molar-refractivity contribution in [2.24, 2.45) is 0 Å². The smallest absolute Gasteiger partial charge is 0.323 e. The van der Waals surface area contributed by atoms with Gasteiger partial charge in [-0.15, -0.1) is 0 Å². The van der Waals surface area contributed by atoms with Crippen molar-refractivity contribution in [3.8, 4) is 0 Å². The Morgan fingerprint density at radius 1 is 1.45 bits per heavy atom. The molecule has 1 amide bonds. The molecule has 0 saturated carbocycles. The van der Waals surface area contributed by atoms with Crippen LogP contribution in [0.25, 0.3) is 0 Å². The Bertz CT molecular complexity index is 561. The molecule has 1 aliphatic heterocycles. The average molecular weight is 308 g/mol. The highest BCUT2D eigenvalue weighted by atomic mass is 16.4. The van der Waals surface area contributed by atoms with E-state index in [2.05, 4.69) is 31.0 Å². The molecule has 0 aliphatic carbocycles. The van der Waals surface area contributed by atoms with Crippen molar-refractivity contribution >= 4 is 11.9 Å². The Morgan fingerprint density at radius 3 is 2.68 bits per heavy atom. The summed E-state index contributed by atoms with van der Waals surface area (Å²) in [5, 5.41) is 16.2. The molecule has 2 heterocycles. The van der Waals surface area contributed by atoms with E-state index in [1.807, 2.05) is 17.9 Å². The van der Waals surface area contributed by atoms with Gasteiger partial charge in [-0.2, -0.15) is 5.10 Å². The molecule has 22 heavy (non-hydrogen) atoms. The lowest BCUT2D eigenvalue weighted by Gasteiger charge is -2.38. The van der Waals surface area contributed by atoms with Crippen LogP contribution in [-0.2, 0) is 21.5 Å². The minimum Gasteiger partial charge on any atom is -0.480 e. The lowest BCUT2D eigenvalue weighted by molar-refractivity contribution is -0.150. The van der Waals surface area contributed by atoms with E-state index in [0.717, 1.165) is 11.4 Å². The molecular formula is C15H24N4O3. The number of carbonyl (C=O) groups excluding carboxylic acids is 1. The van der Waals surface area contributed by atoms with E-state index in [1.54, 1.807) is 0 Å². The summed E-state index contributed by atoms with van der Waals surface area (Å²) in [6.07, 6.45) is 0. The van der Waals surface area contributed by atoms with Gasteiger partial charge in [-0.3, -0.25) is 19.6 Å². The third kappa shape index (κ3) is 3.65. The molecule has 0 spiro atoms. The fourth-order valence-corrected chi connectivity index (χ4v) is 2.56. The van der Waals surface area contributed by atoms with Gasteiger partial charge in [0, 0.05) is 30.7 Å². The van der Waals surface area contributed by atoms with Gasteiger partial charge in [0.15, 0.2) is 0 Å². The summed E-state index contributed by atoms with van der Waals surface area (Å²) in [6, 6.07) is 1.70. The fourth-order valence-electron chi connectivity index (χ4n) is 2.56. The number of nitrogens with zero attached hydrogens (tertiary/aromatic N) is 3. The Labute approximate surface area is 130 Å². The molecule has 1 aromatic heterocycles. The van der Waals surface area contributed by atoms with Crippen LogP contribution < -0.4 is 0 Å². The zero-order valence-corrected chi connectivity index (χ0v) is 13.6. The first-order chi connectivity index (χ1) is 10.2. The lowest BCUT2D eigenvalue weighted by Crippen LogP contribution is -2.56. The van der Waals surface area contributed by atoms with Gasteiger partial charge in [-0.05, 0) is 13.0 Å². The van der Waals surface area contributed by atoms with Gasteiger partial charge in [-0.1, -0.05) is 20.8 Å². The van der Waals surface area contributed by atoms with Crippen molar-refractivity contribution in [3.63, 3.8) is 0 Å². The second-order valence-corrected chi connectivity index (χ2v) is 6.83. The summed E-state index contributed by atoms with van der Waals surface area (Å²) in [6.45, 7) is 9.60. The van der Waals surface area contributed by atoms with Crippen LogP contribution in [0.15, 0.2) is 6.07 Å². The number of aromatic nitrogens is 2. The van der Waals surface area contributed by atoms with Crippen LogP contribution in [0.5, 0.6) is 0 Å². The Hall–Kier alpha value is -1.89. The van der Waals surface area contributed by atoms with Crippen molar-refractivity contribution in [1.82, 2.24) is 20.0 Å². The van der Waals surface area contributed by atoms with Crippen LogP contribution >= 0.6 is 0 Å². The molecule has 2 rings (SSSR count). The number of hydrogen-bond donors (Lipinski definition) is 2. The van der Waals surface area contributed by atoms with Gasteiger partial charge in [0.1, 0.15) is 6.54 Å². The molecule has 0 radical (unpaired) electrons. The molecule has 1 fully saturated rings. The van der Waals surface area contributed by atoms with Crippen LogP contribution in [0.2, 0.25) is 0 Å². The minimum atomic E-state index is -0.975. The number of amides is 1. The molecule has 7 heteroatoms. The highest BCUT2D eigenvalue weighted by molar-refractivity contribution is 5.85. The molecule has 0 aromatic carbocycles. The van der Waals surface area contributed by atoms with E-state index in [9.17, 15) is 9.59 Å². The van der Waals surface area contributed by atoms with Gasteiger partial charge in [0.25, 0.3) is 0 Å². The average Bonchev–Trinajstić information content (AvgIpc) is 2.86. The summed E-state index contributed by atoms with van der Waals surface area (Å²) in [5.74, 6) is -1.11. The number of H-pyrrole nitrogens is 1. The maximum absolute atomic E-state index is 12.2. The molecule has 1 saturated heterocycles. The number of hydrogen-bond acceptors (Lipinski definition) is 4. The zero-order valence-electron chi connectivity index (χ0n) is 13.6.